The first-order valence-electron chi connectivity index (χ1n) is 5.95. The van der Waals surface area contributed by atoms with Crippen LogP contribution in [0.3, 0.4) is 0 Å². The van der Waals surface area contributed by atoms with Crippen LogP contribution in [0.15, 0.2) is 24.3 Å². The SMILES string of the molecule is Cc1cccc(-c2nc(C(C)CN)[nH]c2C)c1. The first-order chi connectivity index (χ1) is 8.11. The molecule has 2 rings (SSSR count). The van der Waals surface area contributed by atoms with Gasteiger partial charge in [0.05, 0.1) is 5.69 Å². The van der Waals surface area contributed by atoms with Gasteiger partial charge in [-0.25, -0.2) is 4.98 Å². The normalized spacial score (nSPS) is 12.7. The van der Waals surface area contributed by atoms with Crippen LogP contribution in [0, 0.1) is 13.8 Å². The van der Waals surface area contributed by atoms with Gasteiger partial charge in [0.2, 0.25) is 0 Å². The average Bonchev–Trinajstić information content (AvgIpc) is 2.70. The molecule has 0 spiro atoms. The third-order valence-corrected chi connectivity index (χ3v) is 3.01. The minimum absolute atomic E-state index is 0.271. The van der Waals surface area contributed by atoms with Gasteiger partial charge < -0.3 is 10.7 Å². The maximum absolute atomic E-state index is 5.67. The van der Waals surface area contributed by atoms with Crippen LogP contribution in [-0.4, -0.2) is 16.5 Å². The van der Waals surface area contributed by atoms with Crippen molar-refractivity contribution in [1.29, 1.82) is 0 Å². The second-order valence-electron chi connectivity index (χ2n) is 4.60. The number of benzene rings is 1. The molecule has 0 amide bonds. The average molecular weight is 229 g/mol. The smallest absolute Gasteiger partial charge is 0.111 e. The highest BCUT2D eigenvalue weighted by atomic mass is 14.9. The van der Waals surface area contributed by atoms with Crippen LogP contribution in [-0.2, 0) is 0 Å². The monoisotopic (exact) mass is 229 g/mol. The van der Waals surface area contributed by atoms with Gasteiger partial charge in [-0.1, -0.05) is 30.7 Å². The molecule has 0 aliphatic heterocycles. The van der Waals surface area contributed by atoms with Crippen molar-refractivity contribution in [3.63, 3.8) is 0 Å². The largest absolute Gasteiger partial charge is 0.345 e. The Kier molecular flexibility index (Phi) is 3.29. The number of nitrogens with one attached hydrogen (secondary N) is 1. The summed E-state index contributed by atoms with van der Waals surface area (Å²) in [7, 11) is 0. The number of aromatic nitrogens is 2. The Labute approximate surface area is 102 Å². The van der Waals surface area contributed by atoms with Crippen molar-refractivity contribution in [3.8, 4) is 11.3 Å². The molecule has 17 heavy (non-hydrogen) atoms. The first kappa shape index (κ1) is 11.9. The van der Waals surface area contributed by atoms with Crippen molar-refractivity contribution in [1.82, 2.24) is 9.97 Å². The molecule has 1 atom stereocenters. The fraction of sp³-hybridized carbons (Fsp3) is 0.357. The highest BCUT2D eigenvalue weighted by molar-refractivity contribution is 5.62. The van der Waals surface area contributed by atoms with Crippen LogP contribution in [0.2, 0.25) is 0 Å². The van der Waals surface area contributed by atoms with Crippen molar-refractivity contribution in [2.45, 2.75) is 26.7 Å². The number of hydrogen-bond donors (Lipinski definition) is 2. The summed E-state index contributed by atoms with van der Waals surface area (Å²) in [5.74, 6) is 1.24. The molecule has 0 bridgehead atoms. The van der Waals surface area contributed by atoms with E-state index in [1.807, 2.05) is 0 Å². The summed E-state index contributed by atoms with van der Waals surface area (Å²) >= 11 is 0. The van der Waals surface area contributed by atoms with Crippen LogP contribution in [0.1, 0.15) is 29.9 Å². The van der Waals surface area contributed by atoms with Gasteiger partial charge in [-0.15, -0.1) is 0 Å². The quantitative estimate of drug-likeness (QED) is 0.850. The zero-order chi connectivity index (χ0) is 12.4. The van der Waals surface area contributed by atoms with E-state index in [0.29, 0.717) is 6.54 Å². The van der Waals surface area contributed by atoms with Crippen LogP contribution in [0.5, 0.6) is 0 Å². The zero-order valence-electron chi connectivity index (χ0n) is 10.6. The summed E-state index contributed by atoms with van der Waals surface area (Å²) in [5.41, 5.74) is 10.2. The van der Waals surface area contributed by atoms with Gasteiger partial charge in [0.25, 0.3) is 0 Å². The molecule has 0 aliphatic rings. The van der Waals surface area contributed by atoms with Gasteiger partial charge in [-0.3, -0.25) is 0 Å². The Morgan fingerprint density at radius 2 is 2.12 bits per heavy atom. The van der Waals surface area contributed by atoms with E-state index >= 15 is 0 Å². The molecular formula is C14H19N3. The number of imidazole rings is 1. The Morgan fingerprint density at radius 3 is 2.76 bits per heavy atom. The fourth-order valence-corrected chi connectivity index (χ4v) is 1.90. The van der Waals surface area contributed by atoms with Crippen LogP contribution >= 0.6 is 0 Å². The van der Waals surface area contributed by atoms with Crippen molar-refractivity contribution in [2.24, 2.45) is 5.73 Å². The predicted molar refractivity (Wildman–Crippen MR) is 71.0 cm³/mol. The summed E-state index contributed by atoms with van der Waals surface area (Å²) in [4.78, 5) is 7.98. The Bertz CT molecular complexity index is 514. The maximum atomic E-state index is 5.67. The van der Waals surface area contributed by atoms with Gasteiger partial charge in [0.1, 0.15) is 5.82 Å². The molecule has 1 unspecified atom stereocenters. The van der Waals surface area contributed by atoms with Crippen molar-refractivity contribution < 1.29 is 0 Å². The van der Waals surface area contributed by atoms with E-state index in [1.54, 1.807) is 0 Å². The summed E-state index contributed by atoms with van der Waals surface area (Å²) < 4.78 is 0. The molecule has 0 aliphatic carbocycles. The van der Waals surface area contributed by atoms with E-state index in [-0.39, 0.29) is 5.92 Å². The lowest BCUT2D eigenvalue weighted by Gasteiger charge is -2.02. The molecule has 3 nitrogen and oxygen atoms in total. The van der Waals surface area contributed by atoms with Crippen LogP contribution in [0.25, 0.3) is 11.3 Å². The Balaban J connectivity index is 2.42. The molecular weight excluding hydrogens is 210 g/mol. The van der Waals surface area contributed by atoms with E-state index < -0.39 is 0 Å². The van der Waals surface area contributed by atoms with E-state index in [1.165, 1.54) is 5.56 Å². The maximum Gasteiger partial charge on any atom is 0.111 e. The molecule has 3 heteroatoms. The molecule has 0 radical (unpaired) electrons. The number of aromatic amines is 1. The van der Waals surface area contributed by atoms with Crippen LogP contribution in [0.4, 0.5) is 0 Å². The van der Waals surface area contributed by atoms with Gasteiger partial charge in [0.15, 0.2) is 0 Å². The number of H-pyrrole nitrogens is 1. The third-order valence-electron chi connectivity index (χ3n) is 3.01. The lowest BCUT2D eigenvalue weighted by Crippen LogP contribution is -2.10. The second kappa shape index (κ2) is 4.72. The van der Waals surface area contributed by atoms with Gasteiger partial charge >= 0.3 is 0 Å². The van der Waals surface area contributed by atoms with E-state index in [0.717, 1.165) is 22.8 Å². The highest BCUT2D eigenvalue weighted by Gasteiger charge is 2.12. The van der Waals surface area contributed by atoms with E-state index in [2.05, 4.69) is 55.0 Å². The topological polar surface area (TPSA) is 54.7 Å². The van der Waals surface area contributed by atoms with Crippen molar-refractivity contribution >= 4 is 0 Å². The number of hydrogen-bond acceptors (Lipinski definition) is 2. The molecule has 0 saturated heterocycles. The Hall–Kier alpha value is -1.61. The summed E-state index contributed by atoms with van der Waals surface area (Å²) in [6, 6.07) is 8.40. The van der Waals surface area contributed by atoms with Crippen molar-refractivity contribution in [3.05, 3.63) is 41.3 Å². The number of nitrogens with two attached hydrogens (primary N) is 1. The predicted octanol–water partition coefficient (Wildman–Crippen LogP) is 2.76. The molecule has 1 heterocycles. The van der Waals surface area contributed by atoms with Gasteiger partial charge in [0, 0.05) is 23.7 Å². The molecule has 0 fully saturated rings. The van der Waals surface area contributed by atoms with E-state index in [4.69, 9.17) is 5.73 Å². The zero-order valence-corrected chi connectivity index (χ0v) is 10.6. The lowest BCUT2D eigenvalue weighted by molar-refractivity contribution is 0.723. The Morgan fingerprint density at radius 1 is 1.35 bits per heavy atom. The molecule has 1 aromatic heterocycles. The van der Waals surface area contributed by atoms with Crippen molar-refractivity contribution in [2.75, 3.05) is 6.54 Å². The minimum atomic E-state index is 0.271. The van der Waals surface area contributed by atoms with Crippen LogP contribution < -0.4 is 5.73 Å². The summed E-state index contributed by atoms with van der Waals surface area (Å²) in [6.07, 6.45) is 0. The molecule has 3 N–H and O–H groups in total. The standard InChI is InChI=1S/C14H19N3/c1-9-5-4-6-12(7-9)13-11(3)16-14(17-13)10(2)8-15/h4-7,10H,8,15H2,1-3H3,(H,16,17). The molecule has 90 valence electrons. The molecule has 0 saturated carbocycles. The summed E-state index contributed by atoms with van der Waals surface area (Å²) in [6.45, 7) is 6.84. The molecule has 1 aromatic carbocycles. The number of nitrogens with zero attached hydrogens (tertiary/aromatic N) is 1. The number of rotatable bonds is 3. The second-order valence-corrected chi connectivity index (χ2v) is 4.60. The minimum Gasteiger partial charge on any atom is -0.345 e. The lowest BCUT2D eigenvalue weighted by atomic mass is 10.1. The highest BCUT2D eigenvalue weighted by Crippen LogP contribution is 2.24. The van der Waals surface area contributed by atoms with E-state index in [9.17, 15) is 0 Å². The van der Waals surface area contributed by atoms with Gasteiger partial charge in [-0.2, -0.15) is 0 Å². The number of aryl methyl sites for hydroxylation is 2. The fourth-order valence-electron chi connectivity index (χ4n) is 1.90. The third kappa shape index (κ3) is 2.39. The first-order valence-corrected chi connectivity index (χ1v) is 5.95. The van der Waals surface area contributed by atoms with Gasteiger partial charge in [-0.05, 0) is 19.9 Å². The molecule has 2 aromatic rings. The summed E-state index contributed by atoms with van der Waals surface area (Å²) in [5, 5.41) is 0.